The van der Waals surface area contributed by atoms with Crippen LogP contribution in [0.4, 0.5) is 5.82 Å². The maximum absolute atomic E-state index is 8.87. The molecule has 5 heteroatoms. The number of aliphatic hydroxyl groups is 1. The summed E-state index contributed by atoms with van der Waals surface area (Å²) in [5.41, 5.74) is 0. The van der Waals surface area contributed by atoms with Gasteiger partial charge in [0.1, 0.15) is 16.8 Å². The Morgan fingerprint density at radius 3 is 2.71 bits per heavy atom. The number of rotatable bonds is 7. The number of anilines is 1. The van der Waals surface area contributed by atoms with Crippen LogP contribution in [0.15, 0.2) is 6.07 Å². The van der Waals surface area contributed by atoms with Crippen molar-refractivity contribution in [3.05, 3.63) is 17.0 Å². The molecule has 1 N–H and O–H groups in total. The second-order valence-corrected chi connectivity index (χ2v) is 4.26. The van der Waals surface area contributed by atoms with Gasteiger partial charge in [0.15, 0.2) is 0 Å². The van der Waals surface area contributed by atoms with E-state index in [-0.39, 0.29) is 6.61 Å². The molecule has 17 heavy (non-hydrogen) atoms. The molecule has 0 aromatic carbocycles. The summed E-state index contributed by atoms with van der Waals surface area (Å²) in [4.78, 5) is 10.8. The van der Waals surface area contributed by atoms with E-state index in [9.17, 15) is 0 Å². The molecule has 0 radical (unpaired) electrons. The van der Waals surface area contributed by atoms with Crippen LogP contribution in [-0.2, 0) is 6.42 Å². The fraction of sp³-hybridized carbons (Fsp3) is 0.667. The largest absolute Gasteiger partial charge is 0.396 e. The molecule has 0 aliphatic heterocycles. The van der Waals surface area contributed by atoms with Gasteiger partial charge in [-0.1, -0.05) is 18.5 Å². The summed E-state index contributed by atoms with van der Waals surface area (Å²) in [5, 5.41) is 9.35. The van der Waals surface area contributed by atoms with E-state index in [1.807, 2.05) is 0 Å². The minimum atomic E-state index is 0.192. The van der Waals surface area contributed by atoms with Gasteiger partial charge in [-0.2, -0.15) is 0 Å². The van der Waals surface area contributed by atoms with E-state index < -0.39 is 0 Å². The molecule has 96 valence electrons. The maximum Gasteiger partial charge on any atom is 0.134 e. The average molecular weight is 258 g/mol. The van der Waals surface area contributed by atoms with Gasteiger partial charge < -0.3 is 10.0 Å². The van der Waals surface area contributed by atoms with Crippen LogP contribution in [-0.4, -0.2) is 34.8 Å². The van der Waals surface area contributed by atoms with E-state index in [2.05, 4.69) is 28.7 Å². The van der Waals surface area contributed by atoms with Crippen LogP contribution >= 0.6 is 11.6 Å². The van der Waals surface area contributed by atoms with Gasteiger partial charge in [0, 0.05) is 32.2 Å². The highest BCUT2D eigenvalue weighted by Crippen LogP contribution is 2.17. The van der Waals surface area contributed by atoms with Crippen molar-refractivity contribution in [3.8, 4) is 0 Å². The predicted octanol–water partition coefficient (Wildman–Crippen LogP) is 2.29. The van der Waals surface area contributed by atoms with Crippen LogP contribution in [0.5, 0.6) is 0 Å². The molecule has 1 aromatic heterocycles. The minimum Gasteiger partial charge on any atom is -0.396 e. The normalized spacial score (nSPS) is 10.6. The van der Waals surface area contributed by atoms with E-state index in [1.165, 1.54) is 0 Å². The lowest BCUT2D eigenvalue weighted by atomic mass is 10.3. The summed E-state index contributed by atoms with van der Waals surface area (Å²) in [7, 11) is 0. The third-order valence-corrected chi connectivity index (χ3v) is 2.69. The zero-order valence-corrected chi connectivity index (χ0v) is 11.2. The first kappa shape index (κ1) is 14.2. The van der Waals surface area contributed by atoms with E-state index in [0.29, 0.717) is 5.15 Å². The number of aryl methyl sites for hydroxylation is 1. The number of aromatic nitrogens is 2. The van der Waals surface area contributed by atoms with E-state index in [1.54, 1.807) is 6.07 Å². The third kappa shape index (κ3) is 4.48. The first-order valence-corrected chi connectivity index (χ1v) is 6.48. The monoisotopic (exact) mass is 257 g/mol. The maximum atomic E-state index is 8.87. The SMILES string of the molecule is CCCc1nc(Cl)cc(N(CC)CCCO)n1. The summed E-state index contributed by atoms with van der Waals surface area (Å²) in [6.45, 7) is 5.97. The fourth-order valence-corrected chi connectivity index (χ4v) is 1.84. The fourth-order valence-electron chi connectivity index (χ4n) is 1.65. The van der Waals surface area contributed by atoms with Gasteiger partial charge in [0.2, 0.25) is 0 Å². The van der Waals surface area contributed by atoms with Crippen LogP contribution in [0.1, 0.15) is 32.5 Å². The summed E-state index contributed by atoms with van der Waals surface area (Å²) in [6.07, 6.45) is 2.58. The molecular weight excluding hydrogens is 238 g/mol. The second-order valence-electron chi connectivity index (χ2n) is 3.87. The number of halogens is 1. The first-order chi connectivity index (χ1) is 8.21. The van der Waals surface area contributed by atoms with Gasteiger partial charge in [0.05, 0.1) is 0 Å². The molecule has 0 aliphatic rings. The molecule has 1 heterocycles. The molecular formula is C12H20ClN3O. The molecule has 0 saturated carbocycles. The Balaban J connectivity index is 2.85. The van der Waals surface area contributed by atoms with Gasteiger partial charge in [-0.15, -0.1) is 0 Å². The summed E-state index contributed by atoms with van der Waals surface area (Å²) < 4.78 is 0. The van der Waals surface area contributed by atoms with Gasteiger partial charge in [-0.05, 0) is 19.8 Å². The molecule has 0 amide bonds. The quantitative estimate of drug-likeness (QED) is 0.762. The number of nitrogens with zero attached hydrogens (tertiary/aromatic N) is 3. The Bertz CT molecular complexity index is 347. The van der Waals surface area contributed by atoms with Crippen LogP contribution in [0.3, 0.4) is 0 Å². The zero-order valence-electron chi connectivity index (χ0n) is 10.5. The lowest BCUT2D eigenvalue weighted by molar-refractivity contribution is 0.289. The molecule has 0 atom stereocenters. The molecule has 0 saturated heterocycles. The number of hydrogen-bond donors (Lipinski definition) is 1. The lowest BCUT2D eigenvalue weighted by Crippen LogP contribution is -2.26. The summed E-state index contributed by atoms with van der Waals surface area (Å²) in [5.74, 6) is 1.64. The van der Waals surface area contributed by atoms with Gasteiger partial charge in [-0.25, -0.2) is 9.97 Å². The highest BCUT2D eigenvalue weighted by Gasteiger charge is 2.09. The lowest BCUT2D eigenvalue weighted by Gasteiger charge is -2.22. The first-order valence-electron chi connectivity index (χ1n) is 6.10. The van der Waals surface area contributed by atoms with Crippen LogP contribution in [0, 0.1) is 0 Å². The number of aliphatic hydroxyl groups excluding tert-OH is 1. The average Bonchev–Trinajstić information content (AvgIpc) is 2.30. The molecule has 1 rings (SSSR count). The van der Waals surface area contributed by atoms with Crippen molar-refractivity contribution >= 4 is 17.4 Å². The Morgan fingerprint density at radius 2 is 2.12 bits per heavy atom. The van der Waals surface area contributed by atoms with Crippen molar-refractivity contribution in [2.24, 2.45) is 0 Å². The molecule has 0 spiro atoms. The Hall–Kier alpha value is -0.870. The van der Waals surface area contributed by atoms with Crippen molar-refractivity contribution in [3.63, 3.8) is 0 Å². The van der Waals surface area contributed by atoms with E-state index in [4.69, 9.17) is 16.7 Å². The van der Waals surface area contributed by atoms with Gasteiger partial charge >= 0.3 is 0 Å². The van der Waals surface area contributed by atoms with Crippen molar-refractivity contribution in [2.45, 2.75) is 33.1 Å². The Labute approximate surface area is 108 Å². The molecule has 0 unspecified atom stereocenters. The topological polar surface area (TPSA) is 49.2 Å². The minimum absolute atomic E-state index is 0.192. The van der Waals surface area contributed by atoms with Crippen LogP contribution in [0.25, 0.3) is 0 Å². The molecule has 0 bridgehead atoms. The predicted molar refractivity (Wildman–Crippen MR) is 70.6 cm³/mol. The van der Waals surface area contributed by atoms with E-state index >= 15 is 0 Å². The Kier molecular flexibility index (Phi) is 6.22. The van der Waals surface area contributed by atoms with Crippen LogP contribution in [0.2, 0.25) is 5.15 Å². The van der Waals surface area contributed by atoms with Crippen molar-refractivity contribution in [1.82, 2.24) is 9.97 Å². The molecule has 0 aliphatic carbocycles. The highest BCUT2D eigenvalue weighted by atomic mass is 35.5. The standard InChI is InChI=1S/C12H20ClN3O/c1-3-6-11-14-10(13)9-12(15-11)16(4-2)7-5-8-17/h9,17H,3-8H2,1-2H3. The second kappa shape index (κ2) is 7.45. The Morgan fingerprint density at radius 1 is 1.35 bits per heavy atom. The van der Waals surface area contributed by atoms with Gasteiger partial charge in [0.25, 0.3) is 0 Å². The van der Waals surface area contributed by atoms with Gasteiger partial charge in [-0.3, -0.25) is 0 Å². The highest BCUT2D eigenvalue weighted by molar-refractivity contribution is 6.29. The van der Waals surface area contributed by atoms with Crippen molar-refractivity contribution < 1.29 is 5.11 Å². The molecule has 0 fully saturated rings. The number of hydrogen-bond acceptors (Lipinski definition) is 4. The third-order valence-electron chi connectivity index (χ3n) is 2.49. The van der Waals surface area contributed by atoms with Crippen molar-refractivity contribution in [1.29, 1.82) is 0 Å². The zero-order chi connectivity index (χ0) is 12.7. The van der Waals surface area contributed by atoms with E-state index in [0.717, 1.165) is 44.0 Å². The smallest absolute Gasteiger partial charge is 0.134 e. The molecule has 4 nitrogen and oxygen atoms in total. The van der Waals surface area contributed by atoms with Crippen LogP contribution < -0.4 is 4.90 Å². The molecule has 1 aromatic rings. The van der Waals surface area contributed by atoms with Crippen molar-refractivity contribution in [2.75, 3.05) is 24.6 Å². The summed E-state index contributed by atoms with van der Waals surface area (Å²) in [6, 6.07) is 1.78. The summed E-state index contributed by atoms with van der Waals surface area (Å²) >= 11 is 5.99.